The molecule has 0 heterocycles. The van der Waals surface area contributed by atoms with E-state index in [2.05, 4.69) is 0 Å². The molecule has 0 N–H and O–H groups in total. The molecule has 0 aliphatic rings. The number of alkyl halides is 5. The molecule has 10 heteroatoms. The van der Waals surface area contributed by atoms with Crippen molar-refractivity contribution in [2.45, 2.75) is 12.0 Å². The molecule has 0 amide bonds. The standard InChI is InChI=1S/C4BF6N2.Cs/c6-3(7,4(8,9)10)5(11,1-12)2-13;/q-1;+1. The van der Waals surface area contributed by atoms with Crippen molar-refractivity contribution >= 4 is 6.42 Å². The summed E-state index contributed by atoms with van der Waals surface area (Å²) in [6, 6.07) is 0. The first-order valence-electron chi connectivity index (χ1n) is 2.73. The van der Waals surface area contributed by atoms with Crippen molar-refractivity contribution < 1.29 is 95.2 Å². The monoisotopic (exact) mass is 334 g/mol. The van der Waals surface area contributed by atoms with Crippen LogP contribution in [0.4, 0.5) is 26.3 Å². The smallest absolute Gasteiger partial charge is 0.476 e. The van der Waals surface area contributed by atoms with Crippen LogP contribution >= 0.6 is 0 Å². The first kappa shape index (κ1) is 17.1. The molecule has 0 fully saturated rings. The van der Waals surface area contributed by atoms with Crippen molar-refractivity contribution in [3.05, 3.63) is 0 Å². The Bertz CT molecular complexity index is 274. The van der Waals surface area contributed by atoms with Gasteiger partial charge in [-0.05, 0) is 0 Å². The van der Waals surface area contributed by atoms with Gasteiger partial charge in [-0.15, -0.1) is 0 Å². The molecule has 0 spiro atoms. The fourth-order valence-corrected chi connectivity index (χ4v) is 0.417. The minimum atomic E-state index is -6.24. The van der Waals surface area contributed by atoms with Gasteiger partial charge in [-0.1, -0.05) is 11.9 Å². The van der Waals surface area contributed by atoms with Gasteiger partial charge in [-0.2, -0.15) is 13.2 Å². The maximum absolute atomic E-state index is 12.4. The summed E-state index contributed by atoms with van der Waals surface area (Å²) in [7, 11) is 0. The first-order valence-corrected chi connectivity index (χ1v) is 2.73. The van der Waals surface area contributed by atoms with Crippen LogP contribution in [0.25, 0.3) is 0 Å². The minimum absolute atomic E-state index is 0. The molecular weight excluding hydrogens is 334 g/mol. The third-order valence-corrected chi connectivity index (χ3v) is 1.23. The van der Waals surface area contributed by atoms with Crippen LogP contribution in [0.3, 0.4) is 0 Å². The van der Waals surface area contributed by atoms with E-state index in [1.165, 1.54) is 0 Å². The van der Waals surface area contributed by atoms with Gasteiger partial charge >= 0.3 is 81.5 Å². The van der Waals surface area contributed by atoms with Gasteiger partial charge in [0.15, 0.2) is 0 Å². The van der Waals surface area contributed by atoms with Crippen molar-refractivity contribution in [2.24, 2.45) is 0 Å². The predicted octanol–water partition coefficient (Wildman–Crippen LogP) is -1.23. The number of nitriles is 2. The van der Waals surface area contributed by atoms with Crippen LogP contribution in [-0.2, 0) is 0 Å². The Hall–Kier alpha value is 0.677. The fraction of sp³-hybridized carbons (Fsp3) is 0.500. The van der Waals surface area contributed by atoms with Crippen molar-refractivity contribution in [1.82, 2.24) is 0 Å². The van der Waals surface area contributed by atoms with Crippen molar-refractivity contribution in [3.63, 3.8) is 0 Å². The van der Waals surface area contributed by atoms with Crippen molar-refractivity contribution in [1.29, 1.82) is 10.5 Å². The second-order valence-corrected chi connectivity index (χ2v) is 2.14. The molecule has 0 aromatic carbocycles. The van der Waals surface area contributed by atoms with E-state index < -0.39 is 18.4 Å². The average molecular weight is 334 g/mol. The van der Waals surface area contributed by atoms with Gasteiger partial charge in [0.2, 0.25) is 0 Å². The topological polar surface area (TPSA) is 47.6 Å². The zero-order valence-corrected chi connectivity index (χ0v) is 13.0. The molecule has 0 bridgehead atoms. The summed E-state index contributed by atoms with van der Waals surface area (Å²) in [4.78, 5) is 0. The van der Waals surface area contributed by atoms with Gasteiger partial charge < -0.3 is 4.32 Å². The summed E-state index contributed by atoms with van der Waals surface area (Å²) < 4.78 is 70.8. The molecular formula is C4BCsF6N2. The maximum Gasteiger partial charge on any atom is 1.00 e. The van der Waals surface area contributed by atoms with Crippen LogP contribution < -0.4 is 68.9 Å². The second-order valence-electron chi connectivity index (χ2n) is 2.14. The number of nitrogens with zero attached hydrogens (tertiary/aromatic N) is 2. The largest absolute Gasteiger partial charge is 1.00 e. The van der Waals surface area contributed by atoms with Gasteiger partial charge in [-0.3, -0.25) is 0 Å². The van der Waals surface area contributed by atoms with E-state index in [0.29, 0.717) is 0 Å². The normalized spacial score (nSPS) is 12.3. The summed E-state index contributed by atoms with van der Waals surface area (Å²) in [5.74, 6) is -5.85. The molecule has 0 atom stereocenters. The summed E-state index contributed by atoms with van der Waals surface area (Å²) >= 11 is 0. The van der Waals surface area contributed by atoms with Crippen LogP contribution in [0.2, 0.25) is 0 Å². The van der Waals surface area contributed by atoms with Crippen molar-refractivity contribution in [2.75, 3.05) is 0 Å². The molecule has 72 valence electrons. The van der Waals surface area contributed by atoms with E-state index in [4.69, 9.17) is 10.5 Å². The molecule has 0 saturated carbocycles. The molecule has 14 heavy (non-hydrogen) atoms. The molecule has 0 radical (unpaired) electrons. The van der Waals surface area contributed by atoms with Crippen LogP contribution in [0.15, 0.2) is 0 Å². The van der Waals surface area contributed by atoms with E-state index in [1.54, 1.807) is 0 Å². The van der Waals surface area contributed by atoms with Gasteiger partial charge in [-0.25, -0.2) is 19.3 Å². The number of hydrogen-bond acceptors (Lipinski definition) is 2. The summed E-state index contributed by atoms with van der Waals surface area (Å²) in [5.41, 5.74) is 0. The van der Waals surface area contributed by atoms with E-state index in [-0.39, 0.29) is 80.8 Å². The molecule has 0 unspecified atom stereocenters. The Morgan fingerprint density at radius 1 is 0.929 bits per heavy atom. The second kappa shape index (κ2) is 5.14. The van der Waals surface area contributed by atoms with E-state index in [0.717, 1.165) is 0 Å². The Balaban J connectivity index is 0. The van der Waals surface area contributed by atoms with Crippen LogP contribution in [0, 0.1) is 22.5 Å². The number of hydrogen-bond donors (Lipinski definition) is 0. The fourth-order valence-electron chi connectivity index (χ4n) is 0.417. The Kier molecular flexibility index (Phi) is 6.27. The summed E-state index contributed by atoms with van der Waals surface area (Å²) in [6.07, 6.45) is -11.8. The summed E-state index contributed by atoms with van der Waals surface area (Å²) in [6.45, 7) is 0. The number of rotatable bonds is 1. The average Bonchev–Trinajstić information content (AvgIpc) is 2.00. The van der Waals surface area contributed by atoms with Gasteiger partial charge in [0.05, 0.1) is 0 Å². The Labute approximate surface area is 134 Å². The van der Waals surface area contributed by atoms with Crippen molar-refractivity contribution in [3.8, 4) is 11.9 Å². The molecule has 0 aliphatic heterocycles. The quantitative estimate of drug-likeness (QED) is 0.445. The first-order chi connectivity index (χ1) is 5.62. The molecule has 0 aliphatic carbocycles. The molecule has 0 saturated heterocycles. The Morgan fingerprint density at radius 2 is 1.21 bits per heavy atom. The van der Waals surface area contributed by atoms with Gasteiger partial charge in [0, 0.05) is 0 Å². The molecule has 0 aromatic rings. The SMILES string of the molecule is N#C[B-](F)(C#N)C(F)(F)C(F)(F)F.[Cs+]. The van der Waals surface area contributed by atoms with Gasteiger partial charge in [0.25, 0.3) is 5.82 Å². The van der Waals surface area contributed by atoms with Gasteiger partial charge in [0.1, 0.15) is 0 Å². The third-order valence-electron chi connectivity index (χ3n) is 1.23. The molecule has 2 nitrogen and oxygen atoms in total. The van der Waals surface area contributed by atoms with E-state index in [9.17, 15) is 26.3 Å². The molecule has 0 rings (SSSR count). The van der Waals surface area contributed by atoms with Crippen LogP contribution in [0.1, 0.15) is 0 Å². The maximum atomic E-state index is 12.4. The zero-order valence-electron chi connectivity index (χ0n) is 6.74. The Morgan fingerprint density at radius 3 is 1.29 bits per heavy atom. The zero-order chi connectivity index (χ0) is 10.9. The van der Waals surface area contributed by atoms with E-state index in [1.807, 2.05) is 0 Å². The van der Waals surface area contributed by atoms with E-state index >= 15 is 0 Å². The van der Waals surface area contributed by atoms with Crippen LogP contribution in [-0.4, -0.2) is 18.4 Å². The molecule has 0 aromatic heterocycles. The predicted molar refractivity (Wildman–Crippen MR) is 29.1 cm³/mol. The number of halogens is 6. The van der Waals surface area contributed by atoms with Crippen LogP contribution in [0.5, 0.6) is 0 Å². The third kappa shape index (κ3) is 2.84. The summed E-state index contributed by atoms with van der Waals surface area (Å²) in [5, 5.41) is 15.4. The minimum Gasteiger partial charge on any atom is -0.476 e.